The zero-order valence-electron chi connectivity index (χ0n) is 19.7. The Balaban J connectivity index is 1.31. The third kappa shape index (κ3) is 5.34. The van der Waals surface area contributed by atoms with Crippen LogP contribution in [0.2, 0.25) is 0 Å². The Hall–Kier alpha value is -3.49. The van der Waals surface area contributed by atoms with Gasteiger partial charge in [0.2, 0.25) is 5.91 Å². The van der Waals surface area contributed by atoms with Crippen molar-refractivity contribution in [3.63, 3.8) is 0 Å². The number of amides is 3. The first-order valence-electron chi connectivity index (χ1n) is 11.8. The summed E-state index contributed by atoms with van der Waals surface area (Å²) < 4.78 is 0. The number of carbonyl (C=O) groups is 2. The van der Waals surface area contributed by atoms with E-state index in [1.165, 1.54) is 11.8 Å². The molecular formula is C28H26N4O2S2. The maximum Gasteiger partial charge on any atom is 0.326 e. The smallest absolute Gasteiger partial charge is 0.325 e. The molecule has 6 nitrogen and oxygen atoms in total. The Morgan fingerprint density at radius 2 is 1.81 bits per heavy atom. The molecule has 3 amide bonds. The molecule has 182 valence electrons. The molecule has 2 aliphatic rings. The summed E-state index contributed by atoms with van der Waals surface area (Å²) in [5.74, 6) is -0.0613. The molecule has 1 aromatic heterocycles. The van der Waals surface area contributed by atoms with Crippen LogP contribution in [-0.2, 0) is 4.79 Å². The van der Waals surface area contributed by atoms with Gasteiger partial charge in [-0.15, -0.1) is 23.5 Å². The summed E-state index contributed by atoms with van der Waals surface area (Å²) in [5.41, 5.74) is 2.32. The highest BCUT2D eigenvalue weighted by atomic mass is 32.2. The van der Waals surface area contributed by atoms with Crippen LogP contribution >= 0.6 is 23.5 Å². The molecule has 8 heteroatoms. The number of benzene rings is 2. The molecule has 0 radical (unpaired) electrons. The second-order valence-electron chi connectivity index (χ2n) is 8.38. The van der Waals surface area contributed by atoms with E-state index < -0.39 is 0 Å². The van der Waals surface area contributed by atoms with Crippen LogP contribution in [0.4, 0.5) is 21.9 Å². The van der Waals surface area contributed by atoms with Gasteiger partial charge in [-0.1, -0.05) is 49.4 Å². The molecule has 2 heterocycles. The molecule has 1 aliphatic carbocycles. The van der Waals surface area contributed by atoms with E-state index in [4.69, 9.17) is 0 Å². The van der Waals surface area contributed by atoms with Crippen molar-refractivity contribution < 1.29 is 9.59 Å². The van der Waals surface area contributed by atoms with Gasteiger partial charge in [-0.25, -0.2) is 4.79 Å². The van der Waals surface area contributed by atoms with Crippen LogP contribution in [0.3, 0.4) is 0 Å². The summed E-state index contributed by atoms with van der Waals surface area (Å²) >= 11 is 3.26. The Morgan fingerprint density at radius 1 is 1.00 bits per heavy atom. The second-order valence-corrected chi connectivity index (χ2v) is 10.9. The molecule has 3 unspecified atom stereocenters. The van der Waals surface area contributed by atoms with E-state index >= 15 is 0 Å². The molecule has 2 N–H and O–H groups in total. The molecule has 2 aromatic carbocycles. The number of nitrogens with one attached hydrogen (secondary N) is 2. The summed E-state index contributed by atoms with van der Waals surface area (Å²) in [6.07, 6.45) is 12.2. The predicted molar refractivity (Wildman–Crippen MR) is 149 cm³/mol. The van der Waals surface area contributed by atoms with Gasteiger partial charge in [0, 0.05) is 33.6 Å². The number of urea groups is 1. The van der Waals surface area contributed by atoms with E-state index in [0.29, 0.717) is 12.1 Å². The molecule has 0 fully saturated rings. The first kappa shape index (κ1) is 24.2. The number of fused-ring (bicyclic) bond motifs is 2. The summed E-state index contributed by atoms with van der Waals surface area (Å²) in [4.78, 5) is 34.2. The van der Waals surface area contributed by atoms with Crippen LogP contribution in [0.25, 0.3) is 0 Å². The van der Waals surface area contributed by atoms with Gasteiger partial charge in [0.1, 0.15) is 0 Å². The minimum Gasteiger partial charge on any atom is -0.325 e. The number of hydrogen-bond acceptors (Lipinski definition) is 5. The fraction of sp³-hybridized carbons (Fsp3) is 0.179. The molecule has 1 aliphatic heterocycles. The SMILES string of the molecule is CCC(Sc1cccc(NC(=O)N2c3ccccc3SC3C=CC=CC32)c1)C(=O)Nc1ccncc1. The van der Waals surface area contributed by atoms with Crippen molar-refractivity contribution in [2.75, 3.05) is 15.5 Å². The first-order chi connectivity index (χ1) is 17.6. The predicted octanol–water partition coefficient (Wildman–Crippen LogP) is 6.60. The quantitative estimate of drug-likeness (QED) is 0.363. The van der Waals surface area contributed by atoms with Gasteiger partial charge in [0.05, 0.1) is 22.2 Å². The number of allylic oxidation sites excluding steroid dienone is 2. The van der Waals surface area contributed by atoms with Crippen molar-refractivity contribution in [1.29, 1.82) is 0 Å². The minimum absolute atomic E-state index is 0.0613. The minimum atomic E-state index is -0.268. The van der Waals surface area contributed by atoms with Gasteiger partial charge >= 0.3 is 6.03 Å². The van der Waals surface area contributed by atoms with Gasteiger partial charge in [0.25, 0.3) is 0 Å². The lowest BCUT2D eigenvalue weighted by Crippen LogP contribution is -2.49. The van der Waals surface area contributed by atoms with E-state index in [1.54, 1.807) is 36.3 Å². The van der Waals surface area contributed by atoms with E-state index in [1.807, 2.05) is 66.4 Å². The maximum atomic E-state index is 13.6. The topological polar surface area (TPSA) is 74.3 Å². The lowest BCUT2D eigenvalue weighted by molar-refractivity contribution is -0.115. The lowest BCUT2D eigenvalue weighted by atomic mass is 10.1. The largest absolute Gasteiger partial charge is 0.326 e. The Bertz CT molecular complexity index is 1310. The van der Waals surface area contributed by atoms with Crippen molar-refractivity contribution in [1.82, 2.24) is 4.98 Å². The molecule has 0 spiro atoms. The zero-order chi connectivity index (χ0) is 24.9. The number of aromatic nitrogens is 1. The van der Waals surface area contributed by atoms with E-state index in [0.717, 1.165) is 21.2 Å². The van der Waals surface area contributed by atoms with Crippen LogP contribution < -0.4 is 15.5 Å². The monoisotopic (exact) mass is 514 g/mol. The Kier molecular flexibility index (Phi) is 7.44. The molecule has 3 atom stereocenters. The summed E-state index contributed by atoms with van der Waals surface area (Å²) in [7, 11) is 0. The summed E-state index contributed by atoms with van der Waals surface area (Å²) in [6.45, 7) is 1.99. The van der Waals surface area contributed by atoms with Crippen LogP contribution in [0, 0.1) is 0 Å². The standard InChI is InChI=1S/C28H26N4O2S2/c1-2-24(27(33)30-19-14-16-29-17-15-19)35-21-9-7-8-20(18-21)31-28(34)32-22-10-3-5-12-25(22)36-26-13-6-4-11-23(26)32/h3-18,22,24-25H,2H2,1H3,(H,31,34)(H,29,30,33). The second kappa shape index (κ2) is 11.1. The highest BCUT2D eigenvalue weighted by molar-refractivity contribution is 8.00. The molecule has 36 heavy (non-hydrogen) atoms. The molecule has 0 bridgehead atoms. The van der Waals surface area contributed by atoms with Crippen LogP contribution in [0.15, 0.2) is 107 Å². The fourth-order valence-corrected chi connectivity index (χ4v) is 6.47. The molecule has 5 rings (SSSR count). The van der Waals surface area contributed by atoms with Gasteiger partial charge in [-0.2, -0.15) is 0 Å². The van der Waals surface area contributed by atoms with Gasteiger partial charge in [-0.05, 0) is 48.9 Å². The van der Waals surface area contributed by atoms with Gasteiger partial charge in [0.15, 0.2) is 0 Å². The number of carbonyl (C=O) groups excluding carboxylic acids is 2. The van der Waals surface area contributed by atoms with Crippen molar-refractivity contribution in [3.8, 4) is 0 Å². The fourth-order valence-electron chi connectivity index (χ4n) is 4.20. The summed E-state index contributed by atoms with van der Waals surface area (Å²) in [5, 5.41) is 5.93. The van der Waals surface area contributed by atoms with Gasteiger partial charge < -0.3 is 10.6 Å². The lowest BCUT2D eigenvalue weighted by Gasteiger charge is -2.40. The number of anilines is 3. The van der Waals surface area contributed by atoms with Gasteiger partial charge in [-0.3, -0.25) is 14.7 Å². The van der Waals surface area contributed by atoms with Crippen molar-refractivity contribution in [2.24, 2.45) is 0 Å². The van der Waals surface area contributed by atoms with E-state index in [2.05, 4.69) is 33.8 Å². The van der Waals surface area contributed by atoms with Crippen LogP contribution in [-0.4, -0.2) is 33.5 Å². The van der Waals surface area contributed by atoms with E-state index in [9.17, 15) is 9.59 Å². The average Bonchev–Trinajstić information content (AvgIpc) is 2.91. The first-order valence-corrected chi connectivity index (χ1v) is 13.6. The zero-order valence-corrected chi connectivity index (χ0v) is 21.3. The number of nitrogens with zero attached hydrogens (tertiary/aromatic N) is 2. The number of hydrogen-bond donors (Lipinski definition) is 2. The molecule has 0 saturated carbocycles. The summed E-state index contributed by atoms with van der Waals surface area (Å²) in [6, 6.07) is 19.0. The number of rotatable bonds is 6. The number of thioether (sulfide) groups is 2. The number of pyridine rings is 1. The highest BCUT2D eigenvalue weighted by Gasteiger charge is 2.36. The highest BCUT2D eigenvalue weighted by Crippen LogP contribution is 2.43. The van der Waals surface area contributed by atoms with Crippen LogP contribution in [0.1, 0.15) is 13.3 Å². The Labute approximate surface area is 219 Å². The van der Waals surface area contributed by atoms with Crippen LogP contribution in [0.5, 0.6) is 0 Å². The Morgan fingerprint density at radius 3 is 2.64 bits per heavy atom. The third-order valence-electron chi connectivity index (χ3n) is 5.94. The normalized spacial score (nSPS) is 18.6. The maximum absolute atomic E-state index is 13.6. The number of para-hydroxylation sites is 1. The molecule has 0 saturated heterocycles. The molecule has 3 aromatic rings. The average molecular weight is 515 g/mol. The molecular weight excluding hydrogens is 488 g/mol. The van der Waals surface area contributed by atoms with Crippen molar-refractivity contribution in [3.05, 3.63) is 97.4 Å². The van der Waals surface area contributed by atoms with Crippen molar-refractivity contribution >= 4 is 52.5 Å². The third-order valence-corrected chi connectivity index (χ3v) is 8.60. The van der Waals surface area contributed by atoms with E-state index in [-0.39, 0.29) is 28.5 Å². The van der Waals surface area contributed by atoms with Crippen molar-refractivity contribution in [2.45, 2.75) is 39.7 Å².